The number of amides is 1. The first kappa shape index (κ1) is 16.2. The van der Waals surface area contributed by atoms with Gasteiger partial charge >= 0.3 is 0 Å². The van der Waals surface area contributed by atoms with E-state index in [1.54, 1.807) is 24.3 Å². The van der Waals surface area contributed by atoms with Gasteiger partial charge in [-0.25, -0.2) is 5.48 Å². The third-order valence-corrected chi connectivity index (χ3v) is 3.26. The maximum Gasteiger partial charge on any atom is 0.243 e. The van der Waals surface area contributed by atoms with Gasteiger partial charge in [0.2, 0.25) is 5.91 Å². The van der Waals surface area contributed by atoms with Gasteiger partial charge in [0.15, 0.2) is 5.78 Å². The monoisotopic (exact) mass is 317 g/mol. The smallest absolute Gasteiger partial charge is 0.243 e. The summed E-state index contributed by atoms with van der Waals surface area (Å²) in [6.07, 6.45) is 0.207. The minimum atomic E-state index is -0.321. The molecule has 2 rings (SSSR count). The second-order valence-corrected chi connectivity index (χ2v) is 5.17. The molecule has 1 N–H and O–H groups in total. The Labute approximate surface area is 134 Å². The number of ketones is 1. The molecule has 114 valence electrons. The maximum atomic E-state index is 11.9. The Hall–Kier alpha value is -2.17. The molecule has 0 saturated carbocycles. The summed E-state index contributed by atoms with van der Waals surface area (Å²) in [4.78, 5) is 28.6. The first-order chi connectivity index (χ1) is 10.6. The highest BCUT2D eigenvalue weighted by atomic mass is 35.5. The third kappa shape index (κ3) is 5.31. The second kappa shape index (κ2) is 8.32. The highest BCUT2D eigenvalue weighted by Crippen LogP contribution is 2.11. The molecule has 0 saturated heterocycles. The van der Waals surface area contributed by atoms with E-state index in [1.807, 2.05) is 30.3 Å². The molecule has 0 spiro atoms. The van der Waals surface area contributed by atoms with Crippen molar-refractivity contribution in [3.05, 3.63) is 70.7 Å². The fourth-order valence-electron chi connectivity index (χ4n) is 1.83. The Kier molecular flexibility index (Phi) is 6.13. The Balaban J connectivity index is 1.69. The molecule has 22 heavy (non-hydrogen) atoms. The number of hydrogen-bond acceptors (Lipinski definition) is 3. The summed E-state index contributed by atoms with van der Waals surface area (Å²) >= 11 is 5.76. The number of Topliss-reactive ketones (excluding diaryl/α,β-unsaturated/α-hetero) is 1. The quantitative estimate of drug-likeness (QED) is 0.627. The molecule has 0 heterocycles. The van der Waals surface area contributed by atoms with Gasteiger partial charge in [-0.2, -0.15) is 0 Å². The molecule has 0 aliphatic rings. The summed E-state index contributed by atoms with van der Waals surface area (Å²) < 4.78 is 0. The molecule has 4 nitrogen and oxygen atoms in total. The highest BCUT2D eigenvalue weighted by Gasteiger charge is 2.09. The lowest BCUT2D eigenvalue weighted by Crippen LogP contribution is -2.24. The van der Waals surface area contributed by atoms with Gasteiger partial charge in [-0.05, 0) is 29.8 Å². The molecule has 0 aliphatic carbocycles. The van der Waals surface area contributed by atoms with Gasteiger partial charge in [-0.3, -0.25) is 14.4 Å². The molecule has 1 amide bonds. The molecule has 2 aromatic carbocycles. The number of hydrogen-bond donors (Lipinski definition) is 1. The predicted octanol–water partition coefficient (Wildman–Crippen LogP) is 3.55. The van der Waals surface area contributed by atoms with E-state index < -0.39 is 0 Å². The zero-order chi connectivity index (χ0) is 15.8. The number of carbonyl (C=O) groups is 2. The Morgan fingerprint density at radius 3 is 2.32 bits per heavy atom. The first-order valence-corrected chi connectivity index (χ1v) is 7.26. The van der Waals surface area contributed by atoms with Crippen LogP contribution in [0, 0.1) is 0 Å². The van der Waals surface area contributed by atoms with Crippen molar-refractivity contribution in [2.45, 2.75) is 19.4 Å². The van der Waals surface area contributed by atoms with Crippen LogP contribution in [0.2, 0.25) is 5.02 Å². The number of halogens is 1. The summed E-state index contributed by atoms with van der Waals surface area (Å²) in [5, 5.41) is 0.573. The first-order valence-electron chi connectivity index (χ1n) is 6.88. The molecule has 0 unspecified atom stereocenters. The van der Waals surface area contributed by atoms with E-state index in [4.69, 9.17) is 16.4 Å². The fourth-order valence-corrected chi connectivity index (χ4v) is 1.96. The molecular formula is C17H16ClNO3. The van der Waals surface area contributed by atoms with Gasteiger partial charge in [-0.1, -0.05) is 41.9 Å². The minimum absolute atomic E-state index is 0.0796. The van der Waals surface area contributed by atoms with Crippen LogP contribution < -0.4 is 5.48 Å². The molecule has 0 aromatic heterocycles. The van der Waals surface area contributed by atoms with E-state index in [0.29, 0.717) is 10.6 Å². The van der Waals surface area contributed by atoms with Crippen LogP contribution in [0.1, 0.15) is 28.8 Å². The van der Waals surface area contributed by atoms with Crippen molar-refractivity contribution in [3.63, 3.8) is 0 Å². The number of carbonyl (C=O) groups excluding carboxylic acids is 2. The van der Waals surface area contributed by atoms with Crippen LogP contribution in [-0.2, 0) is 16.2 Å². The number of nitrogens with one attached hydrogen (secondary N) is 1. The molecule has 5 heteroatoms. The molecule has 0 fully saturated rings. The van der Waals surface area contributed by atoms with E-state index >= 15 is 0 Å². The van der Waals surface area contributed by atoms with Crippen molar-refractivity contribution < 1.29 is 14.4 Å². The van der Waals surface area contributed by atoms with Crippen LogP contribution in [0.15, 0.2) is 54.6 Å². The van der Waals surface area contributed by atoms with E-state index in [-0.39, 0.29) is 31.1 Å². The van der Waals surface area contributed by atoms with Crippen LogP contribution >= 0.6 is 11.6 Å². The number of benzene rings is 2. The van der Waals surface area contributed by atoms with Gasteiger partial charge in [-0.15, -0.1) is 0 Å². The molecule has 0 aliphatic heterocycles. The normalized spacial score (nSPS) is 10.2. The largest absolute Gasteiger partial charge is 0.294 e. The third-order valence-electron chi connectivity index (χ3n) is 3.01. The molecule has 2 aromatic rings. The standard InChI is InChI=1S/C17H16ClNO3/c18-15-8-6-14(7-9-15)16(20)10-11-17(21)19-22-12-13-4-2-1-3-5-13/h1-9H,10-12H2,(H,19,21). The van der Waals surface area contributed by atoms with Crippen molar-refractivity contribution in [1.82, 2.24) is 5.48 Å². The Bertz CT molecular complexity index is 626. The molecule has 0 bridgehead atoms. The summed E-state index contributed by atoms with van der Waals surface area (Å²) in [7, 11) is 0. The van der Waals surface area contributed by atoms with Crippen LogP contribution in [0.5, 0.6) is 0 Å². The molecule has 0 atom stereocenters. The van der Waals surface area contributed by atoms with Crippen LogP contribution in [0.3, 0.4) is 0 Å². The highest BCUT2D eigenvalue weighted by molar-refractivity contribution is 6.30. The SMILES string of the molecule is O=C(CCC(=O)c1ccc(Cl)cc1)NOCc1ccccc1. The molecule has 0 radical (unpaired) electrons. The van der Waals surface area contributed by atoms with Crippen molar-refractivity contribution in [1.29, 1.82) is 0 Å². The van der Waals surface area contributed by atoms with Crippen molar-refractivity contribution in [2.75, 3.05) is 0 Å². The van der Waals surface area contributed by atoms with Gasteiger partial charge in [0.25, 0.3) is 0 Å². The lowest BCUT2D eigenvalue weighted by atomic mass is 10.1. The zero-order valence-corrected chi connectivity index (χ0v) is 12.7. The van der Waals surface area contributed by atoms with E-state index in [9.17, 15) is 9.59 Å². The summed E-state index contributed by atoms with van der Waals surface area (Å²) in [6, 6.07) is 16.1. The average molecular weight is 318 g/mol. The summed E-state index contributed by atoms with van der Waals surface area (Å²) in [5.74, 6) is -0.423. The van der Waals surface area contributed by atoms with Crippen LogP contribution in [-0.4, -0.2) is 11.7 Å². The van der Waals surface area contributed by atoms with Crippen molar-refractivity contribution in [2.24, 2.45) is 0 Å². The van der Waals surface area contributed by atoms with E-state index in [2.05, 4.69) is 5.48 Å². The van der Waals surface area contributed by atoms with Crippen LogP contribution in [0.4, 0.5) is 0 Å². The van der Waals surface area contributed by atoms with Crippen molar-refractivity contribution >= 4 is 23.3 Å². The fraction of sp³-hybridized carbons (Fsp3) is 0.176. The maximum absolute atomic E-state index is 11.9. The van der Waals surface area contributed by atoms with Crippen LogP contribution in [0.25, 0.3) is 0 Å². The van der Waals surface area contributed by atoms with E-state index in [0.717, 1.165) is 5.56 Å². The number of hydroxylamine groups is 1. The lowest BCUT2D eigenvalue weighted by molar-refractivity contribution is -0.134. The Morgan fingerprint density at radius 1 is 0.955 bits per heavy atom. The topological polar surface area (TPSA) is 55.4 Å². The molecular weight excluding hydrogens is 302 g/mol. The van der Waals surface area contributed by atoms with Gasteiger partial charge in [0.1, 0.15) is 0 Å². The van der Waals surface area contributed by atoms with Gasteiger partial charge in [0, 0.05) is 23.4 Å². The Morgan fingerprint density at radius 2 is 1.64 bits per heavy atom. The minimum Gasteiger partial charge on any atom is -0.294 e. The van der Waals surface area contributed by atoms with Crippen molar-refractivity contribution in [3.8, 4) is 0 Å². The predicted molar refractivity (Wildman–Crippen MR) is 84.4 cm³/mol. The van der Waals surface area contributed by atoms with Gasteiger partial charge < -0.3 is 0 Å². The average Bonchev–Trinajstić information content (AvgIpc) is 2.54. The zero-order valence-electron chi connectivity index (χ0n) is 11.9. The number of rotatable bonds is 7. The lowest BCUT2D eigenvalue weighted by Gasteiger charge is -2.06. The van der Waals surface area contributed by atoms with E-state index in [1.165, 1.54) is 0 Å². The summed E-state index contributed by atoms with van der Waals surface area (Å²) in [6.45, 7) is 0.289. The second-order valence-electron chi connectivity index (χ2n) is 4.73. The summed E-state index contributed by atoms with van der Waals surface area (Å²) in [5.41, 5.74) is 3.84. The van der Waals surface area contributed by atoms with Gasteiger partial charge in [0.05, 0.1) is 6.61 Å².